The van der Waals surface area contributed by atoms with Crippen LogP contribution in [0.2, 0.25) is 0 Å². The third-order valence-electron chi connectivity index (χ3n) is 5.47. The molecule has 0 spiro atoms. The van der Waals surface area contributed by atoms with Gasteiger partial charge in [-0.2, -0.15) is 18.2 Å². The molecule has 1 aliphatic rings. The Morgan fingerprint density at radius 2 is 1.91 bits per heavy atom. The van der Waals surface area contributed by atoms with Crippen LogP contribution in [0.1, 0.15) is 52.2 Å². The summed E-state index contributed by atoms with van der Waals surface area (Å²) in [5, 5.41) is 12.1. The van der Waals surface area contributed by atoms with E-state index >= 15 is 0 Å². The predicted octanol–water partition coefficient (Wildman–Crippen LogP) is 2.86. The lowest BCUT2D eigenvalue weighted by Gasteiger charge is -2.13. The van der Waals surface area contributed by atoms with Crippen LogP contribution in [0, 0.1) is 0 Å². The molecule has 3 heterocycles. The Morgan fingerprint density at radius 1 is 1.20 bits per heavy atom. The molecule has 11 nitrogen and oxygen atoms in total. The number of imidazole rings is 1. The molecule has 0 saturated heterocycles. The Kier molecular flexibility index (Phi) is 5.66. The second-order valence-corrected chi connectivity index (χ2v) is 8.07. The fourth-order valence-corrected chi connectivity index (χ4v) is 3.30. The van der Waals surface area contributed by atoms with E-state index in [4.69, 9.17) is 10.8 Å². The predicted molar refractivity (Wildman–Crippen MR) is 114 cm³/mol. The van der Waals surface area contributed by atoms with E-state index in [0.717, 1.165) is 25.0 Å². The molecule has 182 valence electrons. The first kappa shape index (κ1) is 23.7. The third-order valence-corrected chi connectivity index (χ3v) is 5.47. The summed E-state index contributed by atoms with van der Waals surface area (Å²) < 4.78 is 43.9. The number of alkyl halides is 3. The Morgan fingerprint density at radius 3 is 2.49 bits per heavy atom. The first-order chi connectivity index (χ1) is 16.4. The van der Waals surface area contributed by atoms with Crippen molar-refractivity contribution >= 4 is 23.0 Å². The van der Waals surface area contributed by atoms with Crippen LogP contribution >= 0.6 is 0 Å². The average Bonchev–Trinajstić information content (AvgIpc) is 3.19. The summed E-state index contributed by atoms with van der Waals surface area (Å²) in [6.45, 7) is 1.99. The number of carboxylic acids is 1. The molecule has 4 aromatic rings. The zero-order valence-electron chi connectivity index (χ0n) is 17.9. The molecule has 1 amide bonds. The number of hydrogen-bond donors (Lipinski definition) is 4. The van der Waals surface area contributed by atoms with E-state index in [2.05, 4.69) is 29.6 Å². The van der Waals surface area contributed by atoms with Crippen molar-refractivity contribution in [2.24, 2.45) is 5.73 Å². The number of benzene rings is 1. The molecule has 0 atom stereocenters. The number of carbonyl (C=O) groups is 2. The normalized spacial score (nSPS) is 14.3. The van der Waals surface area contributed by atoms with Crippen molar-refractivity contribution in [3.8, 4) is 11.1 Å². The second kappa shape index (κ2) is 8.38. The molecule has 14 heteroatoms. The lowest BCUT2D eigenvalue weighted by atomic mass is 9.98. The maximum atomic E-state index is 13.1. The summed E-state index contributed by atoms with van der Waals surface area (Å²) in [4.78, 5) is 45.5. The number of primary amides is 1. The number of nitrogens with zero attached hydrogens (tertiary/aromatic N) is 3. The van der Waals surface area contributed by atoms with Gasteiger partial charge < -0.3 is 20.3 Å². The number of pyridine rings is 1. The molecule has 3 aromatic heterocycles. The number of amides is 1. The lowest BCUT2D eigenvalue weighted by molar-refractivity contribution is -0.137. The van der Waals surface area contributed by atoms with Gasteiger partial charge in [-0.3, -0.25) is 9.78 Å². The summed E-state index contributed by atoms with van der Waals surface area (Å²) in [7, 11) is 0. The van der Waals surface area contributed by atoms with Gasteiger partial charge in [-0.25, -0.2) is 14.6 Å². The van der Waals surface area contributed by atoms with Gasteiger partial charge in [-0.05, 0) is 36.6 Å². The van der Waals surface area contributed by atoms with Crippen LogP contribution in [0.3, 0.4) is 0 Å². The largest absolute Gasteiger partial charge is 0.474 e. The molecule has 1 aromatic carbocycles. The fraction of sp³-hybridized carbons (Fsp3) is 0.238. The molecule has 1 saturated carbocycles. The van der Waals surface area contributed by atoms with Gasteiger partial charge in [0.1, 0.15) is 0 Å². The van der Waals surface area contributed by atoms with Crippen molar-refractivity contribution in [3.63, 3.8) is 0 Å². The Bertz CT molecular complexity index is 1500. The SMILES string of the molecule is CC1(c2noc(C(=O)O)n2)CC1.NC(=O)c1ccc(-c2ccnc3[nH]c(=O)[nH]c23)cc1C(F)(F)F. The van der Waals surface area contributed by atoms with Crippen LogP contribution in [0.5, 0.6) is 0 Å². The van der Waals surface area contributed by atoms with E-state index in [9.17, 15) is 27.6 Å². The molecule has 5 rings (SSSR count). The van der Waals surface area contributed by atoms with E-state index < -0.39 is 34.9 Å². The summed E-state index contributed by atoms with van der Waals surface area (Å²) in [6.07, 6.45) is -1.37. The highest BCUT2D eigenvalue weighted by Crippen LogP contribution is 2.45. The van der Waals surface area contributed by atoms with Crippen LogP contribution in [0.15, 0.2) is 39.8 Å². The van der Waals surface area contributed by atoms with Gasteiger partial charge in [0.25, 0.3) is 0 Å². The Labute approximate surface area is 193 Å². The van der Waals surface area contributed by atoms with Gasteiger partial charge >= 0.3 is 23.7 Å². The van der Waals surface area contributed by atoms with E-state index in [1.54, 1.807) is 0 Å². The number of halogens is 3. The van der Waals surface area contributed by atoms with Crippen LogP contribution in [0.4, 0.5) is 13.2 Å². The minimum absolute atomic E-state index is 0.0306. The maximum absolute atomic E-state index is 13.1. The van der Waals surface area contributed by atoms with Crippen molar-refractivity contribution in [2.75, 3.05) is 0 Å². The number of hydrogen-bond acceptors (Lipinski definition) is 7. The minimum atomic E-state index is -4.74. The number of nitrogens with one attached hydrogen (secondary N) is 2. The topological polar surface area (TPSA) is 181 Å². The number of carbonyl (C=O) groups excluding carboxylic acids is 1. The first-order valence-electron chi connectivity index (χ1n) is 10.0. The minimum Gasteiger partial charge on any atom is -0.474 e. The summed E-state index contributed by atoms with van der Waals surface area (Å²) in [5.74, 6) is -2.14. The number of aromatic nitrogens is 5. The monoisotopic (exact) mass is 490 g/mol. The molecule has 35 heavy (non-hydrogen) atoms. The van der Waals surface area contributed by atoms with E-state index in [1.807, 2.05) is 6.92 Å². The number of H-pyrrole nitrogens is 2. The van der Waals surface area contributed by atoms with Gasteiger partial charge in [-0.1, -0.05) is 18.1 Å². The molecule has 0 radical (unpaired) electrons. The molecule has 0 unspecified atom stereocenters. The molecule has 0 bridgehead atoms. The highest BCUT2D eigenvalue weighted by molar-refractivity contribution is 5.96. The Hall–Kier alpha value is -4.49. The van der Waals surface area contributed by atoms with Crippen molar-refractivity contribution < 1.29 is 32.4 Å². The van der Waals surface area contributed by atoms with Gasteiger partial charge in [0.2, 0.25) is 5.91 Å². The standard InChI is InChI=1S/C14H9F3N4O2.C7H8N2O3/c15-14(16,17)9-5-6(1-2-8(9)11(18)22)7-3-4-19-12-10(7)20-13(23)21-12;1-7(2-3-7)6-8-4(5(10)11)12-9-6/h1-5H,(H2,18,22)(H2,19,20,21,23);2-3H2,1H3,(H,10,11). The summed E-state index contributed by atoms with van der Waals surface area (Å²) in [6, 6.07) is 4.62. The quantitative estimate of drug-likeness (QED) is 0.337. The number of fused-ring (bicyclic) bond motifs is 1. The highest BCUT2D eigenvalue weighted by atomic mass is 19.4. The van der Waals surface area contributed by atoms with Crippen molar-refractivity contribution in [1.82, 2.24) is 25.1 Å². The molecule has 1 fully saturated rings. The molecule has 1 aliphatic carbocycles. The molecule has 5 N–H and O–H groups in total. The lowest BCUT2D eigenvalue weighted by Crippen LogP contribution is -2.18. The van der Waals surface area contributed by atoms with Gasteiger partial charge in [0.05, 0.1) is 16.6 Å². The van der Waals surface area contributed by atoms with Crippen molar-refractivity contribution in [3.05, 3.63) is 63.8 Å². The third kappa shape index (κ3) is 4.76. The fourth-order valence-electron chi connectivity index (χ4n) is 3.30. The van der Waals surface area contributed by atoms with Crippen LogP contribution in [0.25, 0.3) is 22.3 Å². The summed E-state index contributed by atoms with van der Waals surface area (Å²) in [5.41, 5.74) is 3.70. The zero-order chi connectivity index (χ0) is 25.5. The van der Waals surface area contributed by atoms with E-state index in [-0.39, 0.29) is 28.0 Å². The average molecular weight is 490 g/mol. The molecule has 0 aliphatic heterocycles. The molecular weight excluding hydrogens is 473 g/mol. The van der Waals surface area contributed by atoms with Crippen molar-refractivity contribution in [2.45, 2.75) is 31.4 Å². The van der Waals surface area contributed by atoms with E-state index in [0.29, 0.717) is 11.4 Å². The van der Waals surface area contributed by atoms with Crippen LogP contribution < -0.4 is 11.4 Å². The first-order valence-corrected chi connectivity index (χ1v) is 10.0. The van der Waals surface area contributed by atoms with E-state index in [1.165, 1.54) is 18.3 Å². The van der Waals surface area contributed by atoms with Crippen LogP contribution in [-0.4, -0.2) is 42.1 Å². The number of aromatic carboxylic acids is 1. The second-order valence-electron chi connectivity index (χ2n) is 8.07. The zero-order valence-corrected chi connectivity index (χ0v) is 17.9. The van der Waals surface area contributed by atoms with Gasteiger partial charge in [-0.15, -0.1) is 0 Å². The number of nitrogens with two attached hydrogens (primary N) is 1. The summed E-state index contributed by atoms with van der Waals surface area (Å²) >= 11 is 0. The number of rotatable bonds is 4. The highest BCUT2D eigenvalue weighted by Gasteiger charge is 2.44. The number of aromatic amines is 2. The maximum Gasteiger partial charge on any atom is 0.417 e. The van der Waals surface area contributed by atoms with Crippen molar-refractivity contribution in [1.29, 1.82) is 0 Å². The smallest absolute Gasteiger partial charge is 0.417 e. The van der Waals surface area contributed by atoms with Gasteiger partial charge in [0.15, 0.2) is 11.5 Å². The van der Waals surface area contributed by atoms with Crippen LogP contribution in [-0.2, 0) is 11.6 Å². The molecular formula is C21H17F3N6O5. The number of carboxylic acid groups (broad SMARTS) is 1. The Balaban J connectivity index is 0.000000201. The van der Waals surface area contributed by atoms with Gasteiger partial charge in [0, 0.05) is 17.2 Å².